The summed E-state index contributed by atoms with van der Waals surface area (Å²) >= 11 is 0. The van der Waals surface area contributed by atoms with E-state index in [0.717, 1.165) is 37.4 Å². The highest BCUT2D eigenvalue weighted by molar-refractivity contribution is 7.43. The van der Waals surface area contributed by atoms with Crippen molar-refractivity contribution in [3.8, 4) is 0 Å². The average molecular weight is 335 g/mol. The standard InChI is InChI=1S/C19H27O3P/c1-18-9-7-13(23(21)22)11-12(18)3-4-14-15-5-6-17(20)19(15,2)10-8-16(14)18/h3,11,14-17,20H,4-10H2,1-2H3/p+1/t14-,15-,16+,17?,18-,19-/m0/s1. The van der Waals surface area contributed by atoms with Gasteiger partial charge in [-0.2, -0.15) is 4.89 Å². The molecule has 0 radical (unpaired) electrons. The fourth-order valence-corrected chi connectivity index (χ4v) is 6.99. The van der Waals surface area contributed by atoms with E-state index in [4.69, 9.17) is 0 Å². The zero-order valence-corrected chi connectivity index (χ0v) is 15.1. The molecule has 7 atom stereocenters. The first-order chi connectivity index (χ1) is 10.9. The third kappa shape index (κ3) is 2.16. The van der Waals surface area contributed by atoms with Crippen molar-refractivity contribution in [2.24, 2.45) is 28.6 Å². The van der Waals surface area contributed by atoms with Crippen molar-refractivity contribution in [3.63, 3.8) is 0 Å². The predicted octanol–water partition coefficient (Wildman–Crippen LogP) is 4.54. The van der Waals surface area contributed by atoms with Crippen LogP contribution in [0.4, 0.5) is 0 Å². The molecule has 0 aromatic carbocycles. The van der Waals surface area contributed by atoms with E-state index in [9.17, 15) is 14.6 Å². The summed E-state index contributed by atoms with van der Waals surface area (Å²) in [6.07, 6.45) is 11.5. The quantitative estimate of drug-likeness (QED) is 0.692. The first-order valence-corrected chi connectivity index (χ1v) is 10.3. The van der Waals surface area contributed by atoms with Crippen LogP contribution in [0.1, 0.15) is 58.8 Å². The molecule has 4 rings (SSSR count). The molecular formula is C19H28O3P+. The Morgan fingerprint density at radius 2 is 1.96 bits per heavy atom. The van der Waals surface area contributed by atoms with Gasteiger partial charge in [0.25, 0.3) is 0 Å². The van der Waals surface area contributed by atoms with E-state index in [1.807, 2.05) is 6.08 Å². The van der Waals surface area contributed by atoms with Gasteiger partial charge in [-0.1, -0.05) is 19.9 Å². The fraction of sp³-hybridized carbons (Fsp3) is 0.789. The zero-order valence-electron chi connectivity index (χ0n) is 14.2. The van der Waals surface area contributed by atoms with E-state index in [0.29, 0.717) is 17.8 Å². The van der Waals surface area contributed by atoms with Gasteiger partial charge in [0, 0.05) is 6.42 Å². The minimum atomic E-state index is -2.18. The largest absolute Gasteiger partial charge is 0.541 e. The maximum Gasteiger partial charge on any atom is 0.541 e. The van der Waals surface area contributed by atoms with Gasteiger partial charge in [0.15, 0.2) is 0 Å². The Balaban J connectivity index is 1.70. The van der Waals surface area contributed by atoms with Crippen LogP contribution in [0.5, 0.6) is 0 Å². The number of aliphatic hydroxyl groups excluding tert-OH is 1. The van der Waals surface area contributed by atoms with E-state index >= 15 is 0 Å². The second-order valence-corrected chi connectivity index (χ2v) is 9.86. The third-order valence-electron chi connectivity index (χ3n) is 7.94. The lowest BCUT2D eigenvalue weighted by atomic mass is 9.49. The highest BCUT2D eigenvalue weighted by Crippen LogP contribution is 2.65. The lowest BCUT2D eigenvalue weighted by molar-refractivity contribution is -0.0625. The van der Waals surface area contributed by atoms with Gasteiger partial charge < -0.3 is 5.11 Å². The van der Waals surface area contributed by atoms with Crippen molar-refractivity contribution < 1.29 is 14.6 Å². The Kier molecular flexibility index (Phi) is 3.65. The topological polar surface area (TPSA) is 57.5 Å². The maximum atomic E-state index is 11.5. The van der Waals surface area contributed by atoms with Gasteiger partial charge >= 0.3 is 8.03 Å². The second-order valence-electron chi connectivity index (χ2n) is 8.74. The van der Waals surface area contributed by atoms with Crippen LogP contribution in [-0.2, 0) is 4.57 Å². The van der Waals surface area contributed by atoms with Gasteiger partial charge in [0.05, 0.1) is 6.10 Å². The summed E-state index contributed by atoms with van der Waals surface area (Å²) in [5.41, 5.74) is 1.58. The summed E-state index contributed by atoms with van der Waals surface area (Å²) in [5, 5.41) is 11.2. The van der Waals surface area contributed by atoms with Gasteiger partial charge in [-0.3, -0.25) is 0 Å². The molecule has 0 amide bonds. The number of aliphatic hydroxyl groups is 1. The third-order valence-corrected chi connectivity index (χ3v) is 8.79. The van der Waals surface area contributed by atoms with E-state index in [1.54, 1.807) is 0 Å². The lowest BCUT2D eigenvalue weighted by Gasteiger charge is -2.56. The molecule has 0 spiro atoms. The Morgan fingerprint density at radius 3 is 2.70 bits per heavy atom. The molecule has 23 heavy (non-hydrogen) atoms. The van der Waals surface area contributed by atoms with Gasteiger partial charge in [-0.05, 0) is 83.3 Å². The summed E-state index contributed by atoms with van der Waals surface area (Å²) in [6, 6.07) is 0. The summed E-state index contributed by atoms with van der Waals surface area (Å²) < 4.78 is 11.5. The minimum Gasteiger partial charge on any atom is -0.393 e. The number of fused-ring (bicyclic) bond motifs is 5. The van der Waals surface area contributed by atoms with Crippen LogP contribution < -0.4 is 0 Å². The molecule has 2 fully saturated rings. The highest BCUT2D eigenvalue weighted by atomic mass is 31.1. The van der Waals surface area contributed by atoms with Crippen molar-refractivity contribution in [3.05, 3.63) is 23.0 Å². The first kappa shape index (κ1) is 16.0. The first-order valence-electron chi connectivity index (χ1n) is 9.11. The molecule has 4 heteroatoms. The molecule has 2 unspecified atom stereocenters. The number of hydrogen-bond acceptors (Lipinski definition) is 2. The van der Waals surface area contributed by atoms with Crippen LogP contribution >= 0.6 is 8.03 Å². The van der Waals surface area contributed by atoms with Crippen LogP contribution in [0.2, 0.25) is 0 Å². The van der Waals surface area contributed by atoms with E-state index in [1.165, 1.54) is 18.4 Å². The van der Waals surface area contributed by atoms with Crippen molar-refractivity contribution in [1.29, 1.82) is 0 Å². The predicted molar refractivity (Wildman–Crippen MR) is 91.0 cm³/mol. The molecule has 126 valence electrons. The van der Waals surface area contributed by atoms with Crippen LogP contribution in [0.15, 0.2) is 23.0 Å². The molecule has 2 N–H and O–H groups in total. The van der Waals surface area contributed by atoms with Crippen LogP contribution in [0.3, 0.4) is 0 Å². The molecule has 2 saturated carbocycles. The number of rotatable bonds is 1. The highest BCUT2D eigenvalue weighted by Gasteiger charge is 2.58. The van der Waals surface area contributed by atoms with Gasteiger partial charge in [0.2, 0.25) is 5.31 Å². The number of hydrogen-bond donors (Lipinski definition) is 2. The molecule has 0 saturated heterocycles. The van der Waals surface area contributed by atoms with Crippen molar-refractivity contribution in [2.75, 3.05) is 0 Å². The van der Waals surface area contributed by atoms with Crippen molar-refractivity contribution >= 4 is 8.03 Å². The van der Waals surface area contributed by atoms with Gasteiger partial charge in [0.1, 0.15) is 0 Å². The summed E-state index contributed by atoms with van der Waals surface area (Å²) in [4.78, 5) is 9.46. The summed E-state index contributed by atoms with van der Waals surface area (Å²) in [5.74, 6) is 1.99. The Hall–Kier alpha value is -0.500. The molecule has 0 heterocycles. The SMILES string of the molecule is C[C@]12CCC([P+](=O)O)=CC1=CC[C@@H]1[C@H]2CC[C@]2(C)C(O)CC[C@@H]12. The fourth-order valence-electron chi connectivity index (χ4n) is 6.43. The summed E-state index contributed by atoms with van der Waals surface area (Å²) in [6.45, 7) is 4.68. The molecular weight excluding hydrogens is 307 g/mol. The zero-order chi connectivity index (χ0) is 16.4. The molecule has 0 aromatic heterocycles. The molecule has 0 bridgehead atoms. The maximum absolute atomic E-state index is 11.5. The Labute approximate surface area is 139 Å². The molecule has 0 aromatic rings. The van der Waals surface area contributed by atoms with Crippen molar-refractivity contribution in [2.45, 2.75) is 64.9 Å². The van der Waals surface area contributed by atoms with E-state index in [2.05, 4.69) is 19.9 Å². The minimum absolute atomic E-state index is 0.118. The molecule has 0 aliphatic heterocycles. The molecule has 4 aliphatic rings. The monoisotopic (exact) mass is 335 g/mol. The molecule has 4 aliphatic carbocycles. The lowest BCUT2D eigenvalue weighted by Crippen LogP contribution is -2.50. The summed E-state index contributed by atoms with van der Waals surface area (Å²) in [7, 11) is -2.18. The van der Waals surface area contributed by atoms with Gasteiger partial charge in [-0.15, -0.1) is 0 Å². The van der Waals surface area contributed by atoms with E-state index in [-0.39, 0.29) is 16.9 Å². The van der Waals surface area contributed by atoms with E-state index < -0.39 is 8.03 Å². The Morgan fingerprint density at radius 1 is 1.17 bits per heavy atom. The Bertz CT molecular complexity index is 610. The van der Waals surface area contributed by atoms with Gasteiger partial charge in [-0.25, -0.2) is 0 Å². The number of allylic oxidation sites excluding steroid dienone is 4. The van der Waals surface area contributed by atoms with Crippen LogP contribution in [0, 0.1) is 28.6 Å². The van der Waals surface area contributed by atoms with Crippen LogP contribution in [0.25, 0.3) is 0 Å². The van der Waals surface area contributed by atoms with Crippen molar-refractivity contribution in [1.82, 2.24) is 0 Å². The van der Waals surface area contributed by atoms with Crippen LogP contribution in [-0.4, -0.2) is 16.1 Å². The smallest absolute Gasteiger partial charge is 0.393 e. The average Bonchev–Trinajstić information content (AvgIpc) is 2.82. The second kappa shape index (κ2) is 5.25. The molecule has 3 nitrogen and oxygen atoms in total. The normalized spacial score (nSPS) is 49.5.